The first-order valence-corrected chi connectivity index (χ1v) is 12.2. The summed E-state index contributed by atoms with van der Waals surface area (Å²) in [5.41, 5.74) is 4.33. The van der Waals surface area contributed by atoms with Gasteiger partial charge in [0.25, 0.3) is 0 Å². The summed E-state index contributed by atoms with van der Waals surface area (Å²) in [7, 11) is 0. The number of amides is 1. The molecular weight excluding hydrogens is 416 g/mol. The lowest BCUT2D eigenvalue weighted by Gasteiger charge is -2.19. The summed E-state index contributed by atoms with van der Waals surface area (Å²) < 4.78 is 0. The van der Waals surface area contributed by atoms with Crippen molar-refractivity contribution in [2.24, 2.45) is 0 Å². The van der Waals surface area contributed by atoms with E-state index in [1.165, 1.54) is 5.56 Å². The molecule has 0 radical (unpaired) electrons. The van der Waals surface area contributed by atoms with Crippen molar-refractivity contribution in [2.75, 3.05) is 0 Å². The lowest BCUT2D eigenvalue weighted by molar-refractivity contribution is -0.120. The maximum absolute atomic E-state index is 12.8. The third-order valence-corrected chi connectivity index (χ3v) is 7.29. The van der Waals surface area contributed by atoms with Crippen molar-refractivity contribution in [3.05, 3.63) is 85.7 Å². The van der Waals surface area contributed by atoms with E-state index in [0.29, 0.717) is 5.92 Å². The lowest BCUT2D eigenvalue weighted by atomic mass is 9.98. The Kier molecular flexibility index (Phi) is 6.23. The standard InChI is InChI=1S/C23H22N2OS3/c1-15(2)16-5-7-17(8-6-16)22(20-4-3-10-28-20)25-21(26)12-19-14-29-23(24-19)18-9-11-27-13-18/h3-11,13-15,22H,12H2,1-2H3,(H,25,26). The number of aromatic nitrogens is 1. The van der Waals surface area contributed by atoms with Crippen LogP contribution in [0.3, 0.4) is 0 Å². The minimum absolute atomic E-state index is 0.0153. The van der Waals surface area contributed by atoms with Crippen molar-refractivity contribution < 1.29 is 4.79 Å². The minimum atomic E-state index is -0.140. The first kappa shape index (κ1) is 20.0. The van der Waals surface area contributed by atoms with E-state index in [9.17, 15) is 4.79 Å². The average Bonchev–Trinajstić information content (AvgIpc) is 3.48. The molecule has 0 saturated carbocycles. The number of benzene rings is 1. The summed E-state index contributed by atoms with van der Waals surface area (Å²) in [5.74, 6) is 0.472. The van der Waals surface area contributed by atoms with Crippen LogP contribution in [-0.4, -0.2) is 10.9 Å². The molecule has 0 aliphatic carbocycles. The molecule has 1 amide bonds. The third-order valence-electron chi connectivity index (χ3n) is 4.73. The van der Waals surface area contributed by atoms with Gasteiger partial charge in [0.05, 0.1) is 18.2 Å². The van der Waals surface area contributed by atoms with Gasteiger partial charge in [-0.25, -0.2) is 4.98 Å². The normalized spacial score (nSPS) is 12.2. The van der Waals surface area contributed by atoms with Gasteiger partial charge in [0.15, 0.2) is 0 Å². The molecule has 0 aliphatic rings. The fraction of sp³-hybridized carbons (Fsp3) is 0.217. The number of carbonyl (C=O) groups excluding carboxylic acids is 1. The van der Waals surface area contributed by atoms with Gasteiger partial charge in [-0.15, -0.1) is 22.7 Å². The Morgan fingerprint density at radius 2 is 1.79 bits per heavy atom. The molecule has 1 aromatic carbocycles. The van der Waals surface area contributed by atoms with E-state index in [0.717, 1.165) is 26.7 Å². The molecule has 148 valence electrons. The number of nitrogens with one attached hydrogen (secondary N) is 1. The van der Waals surface area contributed by atoms with Gasteiger partial charge in [-0.1, -0.05) is 44.2 Å². The van der Waals surface area contributed by atoms with E-state index in [-0.39, 0.29) is 18.4 Å². The third kappa shape index (κ3) is 4.83. The maximum Gasteiger partial charge on any atom is 0.226 e. The molecular formula is C23H22N2OS3. The zero-order valence-electron chi connectivity index (χ0n) is 16.3. The molecule has 4 aromatic rings. The van der Waals surface area contributed by atoms with Gasteiger partial charge in [-0.05, 0) is 39.9 Å². The Balaban J connectivity index is 1.50. The molecule has 3 aromatic heterocycles. The van der Waals surface area contributed by atoms with Crippen molar-refractivity contribution >= 4 is 39.9 Å². The van der Waals surface area contributed by atoms with Crippen LogP contribution in [0, 0.1) is 0 Å². The van der Waals surface area contributed by atoms with Crippen molar-refractivity contribution in [1.29, 1.82) is 0 Å². The molecule has 1 N–H and O–H groups in total. The Bertz CT molecular complexity index is 1050. The quantitative estimate of drug-likeness (QED) is 0.358. The second kappa shape index (κ2) is 9.03. The van der Waals surface area contributed by atoms with Crippen LogP contribution in [0.2, 0.25) is 0 Å². The molecule has 3 heterocycles. The van der Waals surface area contributed by atoms with E-state index >= 15 is 0 Å². The summed E-state index contributed by atoms with van der Waals surface area (Å²) in [6.45, 7) is 4.37. The Morgan fingerprint density at radius 3 is 2.45 bits per heavy atom. The number of carbonyl (C=O) groups is 1. The summed E-state index contributed by atoms with van der Waals surface area (Å²) >= 11 is 4.90. The maximum atomic E-state index is 12.8. The van der Waals surface area contributed by atoms with Crippen LogP contribution in [-0.2, 0) is 11.2 Å². The van der Waals surface area contributed by atoms with E-state index in [1.807, 2.05) is 22.2 Å². The second-order valence-electron chi connectivity index (χ2n) is 7.17. The predicted molar refractivity (Wildman–Crippen MR) is 124 cm³/mol. The van der Waals surface area contributed by atoms with Crippen LogP contribution in [0.15, 0.2) is 64.0 Å². The Hall–Kier alpha value is -2.28. The summed E-state index contributed by atoms with van der Waals surface area (Å²) in [6.07, 6.45) is 0.284. The van der Waals surface area contributed by atoms with Gasteiger partial charge >= 0.3 is 0 Å². The van der Waals surface area contributed by atoms with Crippen LogP contribution in [0.25, 0.3) is 10.6 Å². The largest absolute Gasteiger partial charge is 0.344 e. The number of rotatable bonds is 7. The van der Waals surface area contributed by atoms with Gasteiger partial charge in [-0.3, -0.25) is 4.79 Å². The molecule has 0 bridgehead atoms. The zero-order valence-corrected chi connectivity index (χ0v) is 18.7. The highest BCUT2D eigenvalue weighted by atomic mass is 32.1. The van der Waals surface area contributed by atoms with Gasteiger partial charge in [0.1, 0.15) is 5.01 Å². The van der Waals surface area contributed by atoms with Crippen molar-refractivity contribution in [2.45, 2.75) is 32.2 Å². The molecule has 3 nitrogen and oxygen atoms in total. The van der Waals surface area contributed by atoms with Crippen LogP contribution in [0.4, 0.5) is 0 Å². The van der Waals surface area contributed by atoms with Gasteiger partial charge in [-0.2, -0.15) is 11.3 Å². The second-order valence-corrected chi connectivity index (χ2v) is 9.79. The number of hydrogen-bond donors (Lipinski definition) is 1. The number of nitrogens with zero attached hydrogens (tertiary/aromatic N) is 1. The highest BCUT2D eigenvalue weighted by molar-refractivity contribution is 7.14. The first-order valence-electron chi connectivity index (χ1n) is 9.49. The molecule has 4 rings (SSSR count). The summed E-state index contributed by atoms with van der Waals surface area (Å²) in [5, 5.41) is 12.3. The van der Waals surface area contributed by atoms with E-state index in [4.69, 9.17) is 0 Å². The SMILES string of the molecule is CC(C)c1ccc(C(NC(=O)Cc2csc(-c3ccsc3)n2)c2cccs2)cc1. The van der Waals surface area contributed by atoms with Crippen molar-refractivity contribution in [1.82, 2.24) is 10.3 Å². The van der Waals surface area contributed by atoms with Gasteiger partial charge < -0.3 is 5.32 Å². The van der Waals surface area contributed by atoms with E-state index in [2.05, 4.69) is 65.9 Å². The molecule has 0 aliphatic heterocycles. The zero-order chi connectivity index (χ0) is 20.2. The predicted octanol–water partition coefficient (Wildman–Crippen LogP) is 6.50. The monoisotopic (exact) mass is 438 g/mol. The molecule has 0 fully saturated rings. The van der Waals surface area contributed by atoms with Gasteiger partial charge in [0.2, 0.25) is 5.91 Å². The number of hydrogen-bond acceptors (Lipinski definition) is 5. The van der Waals surface area contributed by atoms with Gasteiger partial charge in [0, 0.05) is 21.2 Å². The average molecular weight is 439 g/mol. The lowest BCUT2D eigenvalue weighted by Crippen LogP contribution is -2.30. The Morgan fingerprint density at radius 1 is 1.00 bits per heavy atom. The van der Waals surface area contributed by atoms with Crippen molar-refractivity contribution in [3.63, 3.8) is 0 Å². The van der Waals surface area contributed by atoms with Crippen LogP contribution in [0.5, 0.6) is 0 Å². The number of thiazole rings is 1. The fourth-order valence-electron chi connectivity index (χ4n) is 3.13. The highest BCUT2D eigenvalue weighted by Gasteiger charge is 2.19. The molecule has 0 saturated heterocycles. The van der Waals surface area contributed by atoms with E-state index in [1.54, 1.807) is 34.0 Å². The van der Waals surface area contributed by atoms with E-state index < -0.39 is 0 Å². The summed E-state index contributed by atoms with van der Waals surface area (Å²) in [6, 6.07) is 14.6. The molecule has 29 heavy (non-hydrogen) atoms. The molecule has 0 spiro atoms. The number of thiophene rings is 2. The summed E-state index contributed by atoms with van der Waals surface area (Å²) in [4.78, 5) is 18.6. The smallest absolute Gasteiger partial charge is 0.226 e. The topological polar surface area (TPSA) is 42.0 Å². The van der Waals surface area contributed by atoms with Crippen LogP contribution < -0.4 is 5.32 Å². The molecule has 6 heteroatoms. The first-order chi connectivity index (χ1) is 14.1. The minimum Gasteiger partial charge on any atom is -0.344 e. The van der Waals surface area contributed by atoms with Crippen molar-refractivity contribution in [3.8, 4) is 10.6 Å². The Labute approximate surface area is 183 Å². The highest BCUT2D eigenvalue weighted by Crippen LogP contribution is 2.28. The van der Waals surface area contributed by atoms with Crippen LogP contribution in [0.1, 0.15) is 47.5 Å². The molecule has 1 unspecified atom stereocenters. The fourth-order valence-corrected chi connectivity index (χ4v) is 5.47. The molecule has 1 atom stereocenters. The van der Waals surface area contributed by atoms with Crippen LogP contribution >= 0.6 is 34.0 Å².